The molecule has 1 aliphatic heterocycles. The second-order valence-electron chi connectivity index (χ2n) is 4.97. The van der Waals surface area contributed by atoms with Crippen LogP contribution in [0.15, 0.2) is 30.6 Å². The number of nitrogen functional groups attached to an aromatic ring is 1. The fraction of sp³-hybridized carbons (Fsp3) is 0.400. The monoisotopic (exact) mass is 257 g/mol. The highest BCUT2D eigenvalue weighted by Gasteiger charge is 2.14. The molecule has 0 bridgehead atoms. The second kappa shape index (κ2) is 5.45. The first-order valence-electron chi connectivity index (χ1n) is 6.82. The van der Waals surface area contributed by atoms with E-state index in [2.05, 4.69) is 10.3 Å². The molecule has 19 heavy (non-hydrogen) atoms. The first-order chi connectivity index (χ1) is 9.34. The molecule has 3 N–H and O–H groups in total. The molecule has 1 aromatic carbocycles. The highest BCUT2D eigenvalue weighted by Crippen LogP contribution is 2.28. The third-order valence-electron chi connectivity index (χ3n) is 3.67. The lowest BCUT2D eigenvalue weighted by Gasteiger charge is -2.13. The van der Waals surface area contributed by atoms with E-state index in [1.165, 1.54) is 12.8 Å². The smallest absolute Gasteiger partial charge is 0.0630 e. The molecule has 1 atom stereocenters. The van der Waals surface area contributed by atoms with Crippen molar-refractivity contribution in [2.24, 2.45) is 0 Å². The van der Waals surface area contributed by atoms with Crippen LogP contribution in [0.4, 0.5) is 11.4 Å². The molecule has 0 spiro atoms. The van der Waals surface area contributed by atoms with E-state index in [0.717, 1.165) is 41.7 Å². The van der Waals surface area contributed by atoms with Gasteiger partial charge in [-0.1, -0.05) is 6.07 Å². The lowest BCUT2D eigenvalue weighted by Crippen LogP contribution is -2.13. The van der Waals surface area contributed by atoms with E-state index in [4.69, 9.17) is 10.5 Å². The molecule has 3 rings (SSSR count). The van der Waals surface area contributed by atoms with Gasteiger partial charge >= 0.3 is 0 Å². The summed E-state index contributed by atoms with van der Waals surface area (Å²) >= 11 is 0. The number of ether oxygens (including phenoxy) is 1. The van der Waals surface area contributed by atoms with Gasteiger partial charge in [-0.05, 0) is 31.4 Å². The van der Waals surface area contributed by atoms with Crippen molar-refractivity contribution in [1.82, 2.24) is 4.98 Å². The summed E-state index contributed by atoms with van der Waals surface area (Å²) in [7, 11) is 0. The van der Waals surface area contributed by atoms with E-state index in [1.54, 1.807) is 6.20 Å². The van der Waals surface area contributed by atoms with Gasteiger partial charge in [0, 0.05) is 36.3 Å². The van der Waals surface area contributed by atoms with E-state index >= 15 is 0 Å². The van der Waals surface area contributed by atoms with E-state index in [-0.39, 0.29) is 0 Å². The summed E-state index contributed by atoms with van der Waals surface area (Å²) in [6.07, 6.45) is 7.43. The molecule has 1 fully saturated rings. The number of fused-ring (bicyclic) bond motifs is 1. The fourth-order valence-corrected chi connectivity index (χ4v) is 2.59. The van der Waals surface area contributed by atoms with Crippen LogP contribution in [0, 0.1) is 0 Å². The first-order valence-corrected chi connectivity index (χ1v) is 6.82. The van der Waals surface area contributed by atoms with Crippen molar-refractivity contribution in [2.45, 2.75) is 25.4 Å². The molecule has 1 unspecified atom stereocenters. The van der Waals surface area contributed by atoms with Crippen molar-refractivity contribution in [2.75, 3.05) is 24.2 Å². The molecular weight excluding hydrogens is 238 g/mol. The van der Waals surface area contributed by atoms with Crippen molar-refractivity contribution >= 4 is 22.1 Å². The summed E-state index contributed by atoms with van der Waals surface area (Å²) in [6.45, 7) is 1.81. The second-order valence-corrected chi connectivity index (χ2v) is 4.97. The lowest BCUT2D eigenvalue weighted by molar-refractivity contribution is 0.107. The van der Waals surface area contributed by atoms with Gasteiger partial charge in [-0.15, -0.1) is 0 Å². The standard InChI is InChI=1S/C15H19N3O/c16-15-13-6-7-17-10-11(13)3-4-14(15)18-8-5-12-2-1-9-19-12/h3-4,6-7,10,12,18H,1-2,5,8-9,16H2. The Balaban J connectivity index is 1.68. The Kier molecular flexibility index (Phi) is 3.51. The number of nitrogens with two attached hydrogens (primary N) is 1. The molecule has 2 aromatic rings. The van der Waals surface area contributed by atoms with Crippen LogP contribution in [0.2, 0.25) is 0 Å². The lowest BCUT2D eigenvalue weighted by atomic mass is 10.1. The topological polar surface area (TPSA) is 60.2 Å². The number of hydrogen-bond acceptors (Lipinski definition) is 4. The van der Waals surface area contributed by atoms with Crippen molar-refractivity contribution in [3.8, 4) is 0 Å². The van der Waals surface area contributed by atoms with Crippen LogP contribution in [0.3, 0.4) is 0 Å². The van der Waals surface area contributed by atoms with Crippen LogP contribution >= 0.6 is 0 Å². The first kappa shape index (κ1) is 12.2. The van der Waals surface area contributed by atoms with E-state index < -0.39 is 0 Å². The van der Waals surface area contributed by atoms with E-state index in [1.807, 2.05) is 24.4 Å². The minimum absolute atomic E-state index is 0.415. The Labute approximate surface area is 113 Å². The Bertz CT molecular complexity index is 564. The number of nitrogens with zero attached hydrogens (tertiary/aromatic N) is 1. The molecule has 4 nitrogen and oxygen atoms in total. The molecule has 4 heteroatoms. The molecular formula is C15H19N3O. The van der Waals surface area contributed by atoms with Gasteiger partial charge in [0.1, 0.15) is 0 Å². The van der Waals surface area contributed by atoms with Gasteiger partial charge in [0.15, 0.2) is 0 Å². The van der Waals surface area contributed by atoms with E-state index in [0.29, 0.717) is 6.10 Å². The van der Waals surface area contributed by atoms with Crippen LogP contribution in [0.25, 0.3) is 10.8 Å². The van der Waals surface area contributed by atoms with Gasteiger partial charge < -0.3 is 15.8 Å². The third-order valence-corrected chi connectivity index (χ3v) is 3.67. The highest BCUT2D eigenvalue weighted by atomic mass is 16.5. The summed E-state index contributed by atoms with van der Waals surface area (Å²) in [5.74, 6) is 0. The van der Waals surface area contributed by atoms with Crippen molar-refractivity contribution in [3.05, 3.63) is 30.6 Å². The van der Waals surface area contributed by atoms with Gasteiger partial charge in [-0.2, -0.15) is 0 Å². The van der Waals surface area contributed by atoms with Crippen LogP contribution in [0.1, 0.15) is 19.3 Å². The average molecular weight is 257 g/mol. The molecule has 0 saturated carbocycles. The molecule has 1 aliphatic rings. The predicted molar refractivity (Wildman–Crippen MR) is 78.2 cm³/mol. The maximum Gasteiger partial charge on any atom is 0.0630 e. The van der Waals surface area contributed by atoms with Crippen LogP contribution < -0.4 is 11.1 Å². The van der Waals surface area contributed by atoms with Crippen LogP contribution in [-0.2, 0) is 4.74 Å². The zero-order valence-corrected chi connectivity index (χ0v) is 10.9. The number of aromatic nitrogens is 1. The number of benzene rings is 1. The van der Waals surface area contributed by atoms with Gasteiger partial charge in [0.25, 0.3) is 0 Å². The molecule has 2 heterocycles. The van der Waals surface area contributed by atoms with Crippen LogP contribution in [0.5, 0.6) is 0 Å². The molecule has 1 saturated heterocycles. The number of nitrogens with one attached hydrogen (secondary N) is 1. The zero-order valence-electron chi connectivity index (χ0n) is 10.9. The molecule has 100 valence electrons. The summed E-state index contributed by atoms with van der Waals surface area (Å²) in [4.78, 5) is 4.11. The van der Waals surface area contributed by atoms with Crippen molar-refractivity contribution in [1.29, 1.82) is 0 Å². The number of pyridine rings is 1. The number of anilines is 2. The summed E-state index contributed by atoms with van der Waals surface area (Å²) in [5, 5.41) is 5.53. The number of rotatable bonds is 4. The maximum absolute atomic E-state index is 6.19. The Hall–Kier alpha value is -1.81. The summed E-state index contributed by atoms with van der Waals surface area (Å²) in [5.41, 5.74) is 7.99. The minimum Gasteiger partial charge on any atom is -0.397 e. The SMILES string of the molecule is Nc1c(NCCC2CCCO2)ccc2cnccc12. The Morgan fingerprint density at radius 2 is 2.32 bits per heavy atom. The van der Waals surface area contributed by atoms with Crippen molar-refractivity contribution < 1.29 is 4.74 Å². The van der Waals surface area contributed by atoms with Crippen molar-refractivity contribution in [3.63, 3.8) is 0 Å². The summed E-state index contributed by atoms with van der Waals surface area (Å²) < 4.78 is 5.61. The molecule has 1 aromatic heterocycles. The highest BCUT2D eigenvalue weighted by molar-refractivity contribution is 5.98. The fourth-order valence-electron chi connectivity index (χ4n) is 2.59. The van der Waals surface area contributed by atoms with Gasteiger partial charge in [0.05, 0.1) is 17.5 Å². The van der Waals surface area contributed by atoms with Gasteiger partial charge in [-0.3, -0.25) is 4.98 Å². The Morgan fingerprint density at radius 3 is 3.16 bits per heavy atom. The van der Waals surface area contributed by atoms with E-state index in [9.17, 15) is 0 Å². The third kappa shape index (κ3) is 2.63. The summed E-state index contributed by atoms with van der Waals surface area (Å²) in [6, 6.07) is 6.03. The maximum atomic E-state index is 6.19. The zero-order chi connectivity index (χ0) is 13.1. The normalized spacial score (nSPS) is 18.8. The number of hydrogen-bond donors (Lipinski definition) is 2. The Morgan fingerprint density at radius 1 is 1.37 bits per heavy atom. The largest absolute Gasteiger partial charge is 0.397 e. The van der Waals surface area contributed by atoms with Gasteiger partial charge in [-0.25, -0.2) is 0 Å². The van der Waals surface area contributed by atoms with Crippen LogP contribution in [-0.4, -0.2) is 24.2 Å². The quantitative estimate of drug-likeness (QED) is 0.827. The molecule has 0 amide bonds. The minimum atomic E-state index is 0.415. The predicted octanol–water partition coefficient (Wildman–Crippen LogP) is 2.80. The molecule has 0 radical (unpaired) electrons. The van der Waals surface area contributed by atoms with Gasteiger partial charge in [0.2, 0.25) is 0 Å². The average Bonchev–Trinajstić information content (AvgIpc) is 2.95. The molecule has 0 aliphatic carbocycles.